The largest absolute Gasteiger partial charge is 0.366 e. The molecule has 0 bridgehead atoms. The van der Waals surface area contributed by atoms with Crippen molar-refractivity contribution in [3.05, 3.63) is 90.1 Å². The molecule has 4 N–H and O–H groups in total. The van der Waals surface area contributed by atoms with E-state index in [2.05, 4.69) is 30.6 Å². The molecule has 0 aliphatic heterocycles. The number of rotatable bonds is 7. The highest BCUT2D eigenvalue weighted by molar-refractivity contribution is 5.93. The Kier molecular flexibility index (Phi) is 5.98. The van der Waals surface area contributed by atoms with E-state index in [-0.39, 0.29) is 11.9 Å². The number of nitrogens with one attached hydrogen (secondary N) is 2. The van der Waals surface area contributed by atoms with Gasteiger partial charge >= 0.3 is 0 Å². The lowest BCUT2D eigenvalue weighted by molar-refractivity contribution is 0.100. The zero-order valence-corrected chi connectivity index (χ0v) is 17.2. The predicted octanol–water partition coefficient (Wildman–Crippen LogP) is 4.09. The van der Waals surface area contributed by atoms with Crippen LogP contribution >= 0.6 is 0 Å². The first-order valence-electron chi connectivity index (χ1n) is 9.82. The fourth-order valence-electron chi connectivity index (χ4n) is 3.05. The summed E-state index contributed by atoms with van der Waals surface area (Å²) in [6.07, 6.45) is 4.73. The fourth-order valence-corrected chi connectivity index (χ4v) is 3.05. The van der Waals surface area contributed by atoms with Crippen molar-refractivity contribution in [3.63, 3.8) is 0 Å². The van der Waals surface area contributed by atoms with Crippen LogP contribution in [-0.4, -0.2) is 25.8 Å². The van der Waals surface area contributed by atoms with Gasteiger partial charge < -0.3 is 16.4 Å². The van der Waals surface area contributed by atoms with Crippen LogP contribution in [0.2, 0.25) is 0 Å². The van der Waals surface area contributed by atoms with Crippen LogP contribution in [0.3, 0.4) is 0 Å². The van der Waals surface area contributed by atoms with Crippen LogP contribution in [-0.2, 0) is 0 Å². The second kappa shape index (κ2) is 9.17. The van der Waals surface area contributed by atoms with Crippen molar-refractivity contribution >= 4 is 23.5 Å². The summed E-state index contributed by atoms with van der Waals surface area (Å²) in [6, 6.07) is 14.6. The van der Waals surface area contributed by atoms with Gasteiger partial charge in [0.05, 0.1) is 17.9 Å². The van der Waals surface area contributed by atoms with Crippen molar-refractivity contribution in [2.24, 2.45) is 5.73 Å². The average Bonchev–Trinajstić information content (AvgIpc) is 2.80. The summed E-state index contributed by atoms with van der Waals surface area (Å²) in [5, 5.41) is 6.36. The Hall–Kier alpha value is -4.40. The summed E-state index contributed by atoms with van der Waals surface area (Å²) in [5.74, 6) is 0.598. The summed E-state index contributed by atoms with van der Waals surface area (Å²) in [7, 11) is 0. The minimum Gasteiger partial charge on any atom is -0.366 e. The molecule has 0 spiro atoms. The Labute approximate surface area is 183 Å². The van der Waals surface area contributed by atoms with Gasteiger partial charge in [-0.2, -0.15) is 4.98 Å². The number of anilines is 3. The molecular weight excluding hydrogens is 409 g/mol. The van der Waals surface area contributed by atoms with Gasteiger partial charge in [-0.15, -0.1) is 0 Å². The lowest BCUT2D eigenvalue weighted by atomic mass is 10.1. The second-order valence-corrected chi connectivity index (χ2v) is 7.04. The molecule has 4 aromatic rings. The molecular formula is C23H20FN7O. The van der Waals surface area contributed by atoms with Gasteiger partial charge in [-0.25, -0.2) is 14.4 Å². The van der Waals surface area contributed by atoms with Gasteiger partial charge in [0.25, 0.3) is 0 Å². The SMILES string of the molecule is C[C@H](Nc1nc(Nc2cnccn2)cc(-c2ccc(C(N)=O)cc2)n1)c1ccc(F)cc1. The van der Waals surface area contributed by atoms with Crippen molar-refractivity contribution in [1.82, 2.24) is 19.9 Å². The molecule has 4 rings (SSSR count). The molecule has 160 valence electrons. The number of nitrogens with zero attached hydrogens (tertiary/aromatic N) is 4. The molecule has 1 atom stereocenters. The number of amides is 1. The molecule has 8 nitrogen and oxygen atoms in total. The maximum atomic E-state index is 13.3. The number of hydrogen-bond acceptors (Lipinski definition) is 7. The first kappa shape index (κ1) is 20.9. The van der Waals surface area contributed by atoms with Gasteiger partial charge in [0, 0.05) is 29.6 Å². The monoisotopic (exact) mass is 429 g/mol. The van der Waals surface area contributed by atoms with E-state index in [4.69, 9.17) is 5.73 Å². The van der Waals surface area contributed by atoms with Gasteiger partial charge in [-0.05, 0) is 36.8 Å². The van der Waals surface area contributed by atoms with Gasteiger partial charge in [0.1, 0.15) is 17.5 Å². The third kappa shape index (κ3) is 5.01. The van der Waals surface area contributed by atoms with E-state index in [1.165, 1.54) is 12.1 Å². The summed E-state index contributed by atoms with van der Waals surface area (Å²) < 4.78 is 13.3. The van der Waals surface area contributed by atoms with E-state index in [0.29, 0.717) is 28.8 Å². The summed E-state index contributed by atoms with van der Waals surface area (Å²) >= 11 is 0. The third-order valence-corrected chi connectivity index (χ3v) is 4.73. The quantitative estimate of drug-likeness (QED) is 0.405. The Morgan fingerprint density at radius 2 is 1.75 bits per heavy atom. The molecule has 0 fully saturated rings. The van der Waals surface area contributed by atoms with Gasteiger partial charge in [0.15, 0.2) is 0 Å². The van der Waals surface area contributed by atoms with Crippen LogP contribution in [0, 0.1) is 5.82 Å². The lowest BCUT2D eigenvalue weighted by Crippen LogP contribution is -2.11. The zero-order valence-electron chi connectivity index (χ0n) is 17.2. The van der Waals surface area contributed by atoms with Crippen LogP contribution in [0.4, 0.5) is 22.0 Å². The van der Waals surface area contributed by atoms with Crippen LogP contribution in [0.5, 0.6) is 0 Å². The minimum atomic E-state index is -0.500. The highest BCUT2D eigenvalue weighted by Gasteiger charge is 2.12. The standard InChI is InChI=1S/C23H20FN7O/c1-14(15-6-8-18(24)9-7-15)28-23-29-19(16-2-4-17(5-3-16)22(25)32)12-20(31-23)30-21-13-26-10-11-27-21/h2-14H,1H3,(H2,25,32)(H2,27,28,29,30,31)/t14-/m0/s1. The van der Waals surface area contributed by atoms with Gasteiger partial charge in [-0.3, -0.25) is 9.78 Å². The topological polar surface area (TPSA) is 119 Å². The van der Waals surface area contributed by atoms with Crippen molar-refractivity contribution in [1.29, 1.82) is 0 Å². The average molecular weight is 429 g/mol. The van der Waals surface area contributed by atoms with E-state index in [9.17, 15) is 9.18 Å². The van der Waals surface area contributed by atoms with Gasteiger partial charge in [0.2, 0.25) is 11.9 Å². The number of hydrogen-bond donors (Lipinski definition) is 3. The number of nitrogens with two attached hydrogens (primary N) is 1. The second-order valence-electron chi connectivity index (χ2n) is 7.04. The number of aromatic nitrogens is 4. The van der Waals surface area contributed by atoms with E-state index in [1.807, 2.05) is 6.92 Å². The van der Waals surface area contributed by atoms with Crippen molar-refractivity contribution in [3.8, 4) is 11.3 Å². The maximum Gasteiger partial charge on any atom is 0.248 e. The number of benzene rings is 2. The number of carbonyl (C=O) groups excluding carboxylic acids is 1. The molecule has 0 aliphatic rings. The molecule has 9 heteroatoms. The molecule has 0 aliphatic carbocycles. The highest BCUT2D eigenvalue weighted by atomic mass is 19.1. The van der Waals surface area contributed by atoms with Crippen LogP contribution in [0.1, 0.15) is 28.9 Å². The molecule has 0 saturated carbocycles. The Bertz CT molecular complexity index is 1220. The predicted molar refractivity (Wildman–Crippen MR) is 120 cm³/mol. The number of carbonyl (C=O) groups is 1. The number of halogens is 1. The molecule has 0 unspecified atom stereocenters. The third-order valence-electron chi connectivity index (χ3n) is 4.73. The lowest BCUT2D eigenvalue weighted by Gasteiger charge is -2.16. The Morgan fingerprint density at radius 3 is 2.41 bits per heavy atom. The molecule has 0 saturated heterocycles. The van der Waals surface area contributed by atoms with Crippen molar-refractivity contribution < 1.29 is 9.18 Å². The first-order valence-corrected chi connectivity index (χ1v) is 9.82. The van der Waals surface area contributed by atoms with E-state index >= 15 is 0 Å². The summed E-state index contributed by atoms with van der Waals surface area (Å²) in [4.78, 5) is 28.8. The van der Waals surface area contributed by atoms with Crippen LogP contribution in [0.15, 0.2) is 73.2 Å². The molecule has 1 amide bonds. The molecule has 2 aromatic carbocycles. The summed E-state index contributed by atoms with van der Waals surface area (Å²) in [6.45, 7) is 1.93. The highest BCUT2D eigenvalue weighted by Crippen LogP contribution is 2.25. The molecule has 32 heavy (non-hydrogen) atoms. The van der Waals surface area contributed by atoms with Crippen LogP contribution < -0.4 is 16.4 Å². The van der Waals surface area contributed by atoms with Crippen molar-refractivity contribution in [2.45, 2.75) is 13.0 Å². The zero-order chi connectivity index (χ0) is 22.5. The number of primary amides is 1. The molecule has 2 aromatic heterocycles. The van der Waals surface area contributed by atoms with E-state index in [0.717, 1.165) is 11.1 Å². The Balaban J connectivity index is 1.67. The van der Waals surface area contributed by atoms with Crippen LogP contribution in [0.25, 0.3) is 11.3 Å². The summed E-state index contributed by atoms with van der Waals surface area (Å²) in [5.41, 5.74) is 8.02. The van der Waals surface area contributed by atoms with E-state index < -0.39 is 5.91 Å². The fraction of sp³-hybridized carbons (Fsp3) is 0.0870. The minimum absolute atomic E-state index is 0.174. The van der Waals surface area contributed by atoms with Crippen molar-refractivity contribution in [2.75, 3.05) is 10.6 Å². The smallest absolute Gasteiger partial charge is 0.248 e. The van der Waals surface area contributed by atoms with E-state index in [1.54, 1.807) is 61.1 Å². The first-order chi connectivity index (χ1) is 15.5. The molecule has 0 radical (unpaired) electrons. The Morgan fingerprint density at radius 1 is 1.00 bits per heavy atom. The molecule has 2 heterocycles. The maximum absolute atomic E-state index is 13.3. The van der Waals surface area contributed by atoms with Gasteiger partial charge in [-0.1, -0.05) is 24.3 Å². The normalized spacial score (nSPS) is 11.6.